The highest BCUT2D eigenvalue weighted by molar-refractivity contribution is 7.14. The van der Waals surface area contributed by atoms with Crippen molar-refractivity contribution in [1.29, 1.82) is 0 Å². The number of halogens is 1. The number of anilines is 1. The third-order valence-electron chi connectivity index (χ3n) is 3.27. The zero-order valence-electron chi connectivity index (χ0n) is 12.7. The van der Waals surface area contributed by atoms with Crippen molar-refractivity contribution in [1.82, 2.24) is 15.3 Å². The molecule has 0 saturated heterocycles. The summed E-state index contributed by atoms with van der Waals surface area (Å²) in [6.45, 7) is 1.04. The SMILES string of the molecule is O=C(NCCNc1nc(-c2ccc(F)cc2)cs1)c1ccncc1. The number of hydrogen-bond donors (Lipinski definition) is 2. The van der Waals surface area contributed by atoms with E-state index in [1.165, 1.54) is 23.5 Å². The van der Waals surface area contributed by atoms with Gasteiger partial charge in [0.1, 0.15) is 5.82 Å². The standard InChI is InChI=1S/C17H15FN4OS/c18-14-3-1-12(2-4-14)15-11-24-17(22-15)21-10-9-20-16(23)13-5-7-19-8-6-13/h1-8,11H,9-10H2,(H,20,23)(H,21,22). The maximum atomic E-state index is 12.9. The lowest BCUT2D eigenvalue weighted by atomic mass is 10.2. The molecule has 1 amide bonds. The number of hydrogen-bond acceptors (Lipinski definition) is 5. The van der Waals surface area contributed by atoms with Gasteiger partial charge in [0.15, 0.2) is 5.13 Å². The second-order valence-electron chi connectivity index (χ2n) is 4.96. The molecule has 0 unspecified atom stereocenters. The van der Waals surface area contributed by atoms with Gasteiger partial charge in [-0.15, -0.1) is 11.3 Å². The van der Waals surface area contributed by atoms with Gasteiger partial charge in [0.2, 0.25) is 0 Å². The molecule has 0 saturated carbocycles. The molecule has 2 heterocycles. The number of nitrogens with one attached hydrogen (secondary N) is 2. The fourth-order valence-electron chi connectivity index (χ4n) is 2.06. The Bertz CT molecular complexity index is 805. The Kier molecular flexibility index (Phi) is 5.12. The number of pyridine rings is 1. The first-order chi connectivity index (χ1) is 11.7. The number of nitrogens with zero attached hydrogens (tertiary/aromatic N) is 2. The second-order valence-corrected chi connectivity index (χ2v) is 5.82. The molecule has 0 aliphatic heterocycles. The first-order valence-corrected chi connectivity index (χ1v) is 8.24. The fourth-order valence-corrected chi connectivity index (χ4v) is 2.81. The summed E-state index contributed by atoms with van der Waals surface area (Å²) in [4.78, 5) is 20.2. The van der Waals surface area contributed by atoms with E-state index in [9.17, 15) is 9.18 Å². The van der Waals surface area contributed by atoms with Crippen molar-refractivity contribution in [3.63, 3.8) is 0 Å². The summed E-state index contributed by atoms with van der Waals surface area (Å²) in [5.74, 6) is -0.400. The summed E-state index contributed by atoms with van der Waals surface area (Å²) in [7, 11) is 0. The highest BCUT2D eigenvalue weighted by Crippen LogP contribution is 2.24. The van der Waals surface area contributed by atoms with E-state index in [0.717, 1.165) is 16.4 Å². The Hall–Kier alpha value is -2.80. The Morgan fingerprint density at radius 1 is 1.08 bits per heavy atom. The molecular formula is C17H15FN4OS. The molecule has 0 aliphatic rings. The molecule has 5 nitrogen and oxygen atoms in total. The van der Waals surface area contributed by atoms with Crippen molar-refractivity contribution in [2.45, 2.75) is 0 Å². The number of thiazole rings is 1. The molecule has 2 N–H and O–H groups in total. The van der Waals surface area contributed by atoms with E-state index in [0.29, 0.717) is 18.7 Å². The number of carbonyl (C=O) groups excluding carboxylic acids is 1. The van der Waals surface area contributed by atoms with Gasteiger partial charge >= 0.3 is 0 Å². The lowest BCUT2D eigenvalue weighted by Crippen LogP contribution is -2.28. The monoisotopic (exact) mass is 342 g/mol. The predicted octanol–water partition coefficient (Wildman–Crippen LogP) is 3.19. The molecule has 122 valence electrons. The van der Waals surface area contributed by atoms with Crippen LogP contribution in [0.25, 0.3) is 11.3 Å². The van der Waals surface area contributed by atoms with Gasteiger partial charge in [0.05, 0.1) is 5.69 Å². The molecular weight excluding hydrogens is 327 g/mol. The van der Waals surface area contributed by atoms with E-state index in [2.05, 4.69) is 20.6 Å². The van der Waals surface area contributed by atoms with Crippen LogP contribution in [0.5, 0.6) is 0 Å². The predicted molar refractivity (Wildman–Crippen MR) is 92.6 cm³/mol. The molecule has 2 aromatic heterocycles. The quantitative estimate of drug-likeness (QED) is 0.675. The van der Waals surface area contributed by atoms with Crippen molar-refractivity contribution >= 4 is 22.4 Å². The molecule has 0 fully saturated rings. The van der Waals surface area contributed by atoms with Crippen molar-refractivity contribution < 1.29 is 9.18 Å². The second kappa shape index (κ2) is 7.65. The van der Waals surface area contributed by atoms with Crippen LogP contribution in [0.2, 0.25) is 0 Å². The maximum Gasteiger partial charge on any atom is 0.251 e. The molecule has 0 aliphatic carbocycles. The van der Waals surface area contributed by atoms with Crippen molar-refractivity contribution in [3.8, 4) is 11.3 Å². The van der Waals surface area contributed by atoms with Gasteiger partial charge in [-0.25, -0.2) is 9.37 Å². The minimum atomic E-state index is -0.266. The molecule has 1 aromatic carbocycles. The number of amides is 1. The first kappa shape index (κ1) is 16.1. The van der Waals surface area contributed by atoms with Gasteiger partial charge < -0.3 is 10.6 Å². The molecule has 0 atom stereocenters. The van der Waals surface area contributed by atoms with E-state index < -0.39 is 0 Å². The Morgan fingerprint density at radius 2 is 1.83 bits per heavy atom. The third kappa shape index (κ3) is 4.14. The van der Waals surface area contributed by atoms with Gasteiger partial charge in [-0.3, -0.25) is 9.78 Å². The van der Waals surface area contributed by atoms with E-state index >= 15 is 0 Å². The number of carbonyl (C=O) groups is 1. The smallest absolute Gasteiger partial charge is 0.251 e. The van der Waals surface area contributed by atoms with Gasteiger partial charge in [-0.05, 0) is 36.4 Å². The molecule has 24 heavy (non-hydrogen) atoms. The highest BCUT2D eigenvalue weighted by atomic mass is 32.1. The molecule has 3 rings (SSSR count). The number of aromatic nitrogens is 2. The van der Waals surface area contributed by atoms with E-state index in [-0.39, 0.29) is 11.7 Å². The normalized spacial score (nSPS) is 10.4. The lowest BCUT2D eigenvalue weighted by Gasteiger charge is -2.05. The minimum absolute atomic E-state index is 0.134. The van der Waals surface area contributed by atoms with Crippen LogP contribution < -0.4 is 10.6 Å². The van der Waals surface area contributed by atoms with Crippen LogP contribution in [0, 0.1) is 5.82 Å². The van der Waals surface area contributed by atoms with E-state index in [1.54, 1.807) is 36.7 Å². The third-order valence-corrected chi connectivity index (χ3v) is 4.07. The Morgan fingerprint density at radius 3 is 2.58 bits per heavy atom. The number of rotatable bonds is 6. The average molecular weight is 342 g/mol. The minimum Gasteiger partial charge on any atom is -0.360 e. The fraction of sp³-hybridized carbons (Fsp3) is 0.118. The van der Waals surface area contributed by atoms with Gasteiger partial charge in [0.25, 0.3) is 5.91 Å². The van der Waals surface area contributed by atoms with Crippen LogP contribution in [-0.2, 0) is 0 Å². The molecule has 7 heteroatoms. The zero-order valence-corrected chi connectivity index (χ0v) is 13.5. The van der Waals surface area contributed by atoms with Crippen LogP contribution >= 0.6 is 11.3 Å². The van der Waals surface area contributed by atoms with Crippen LogP contribution in [0.1, 0.15) is 10.4 Å². The van der Waals surface area contributed by atoms with Gasteiger partial charge in [-0.2, -0.15) is 0 Å². The summed E-state index contributed by atoms with van der Waals surface area (Å²) in [5.41, 5.74) is 2.24. The van der Waals surface area contributed by atoms with Crippen molar-refractivity contribution in [2.75, 3.05) is 18.4 Å². The van der Waals surface area contributed by atoms with E-state index in [4.69, 9.17) is 0 Å². The number of benzene rings is 1. The maximum absolute atomic E-state index is 12.9. The summed E-state index contributed by atoms with van der Waals surface area (Å²) >= 11 is 1.47. The Balaban J connectivity index is 1.47. The largest absolute Gasteiger partial charge is 0.360 e. The summed E-state index contributed by atoms with van der Waals surface area (Å²) < 4.78 is 12.9. The van der Waals surface area contributed by atoms with Crippen molar-refractivity contribution in [2.24, 2.45) is 0 Å². The Labute approximate surface area is 142 Å². The topological polar surface area (TPSA) is 66.9 Å². The van der Waals surface area contributed by atoms with Crippen LogP contribution in [-0.4, -0.2) is 29.0 Å². The van der Waals surface area contributed by atoms with Crippen LogP contribution in [0.15, 0.2) is 54.2 Å². The van der Waals surface area contributed by atoms with Crippen molar-refractivity contribution in [3.05, 3.63) is 65.6 Å². The summed E-state index contributed by atoms with van der Waals surface area (Å²) in [6, 6.07) is 9.55. The van der Waals surface area contributed by atoms with Gasteiger partial charge in [-0.1, -0.05) is 0 Å². The molecule has 0 spiro atoms. The van der Waals surface area contributed by atoms with Crippen LogP contribution in [0.3, 0.4) is 0 Å². The summed E-state index contributed by atoms with van der Waals surface area (Å²) in [6.07, 6.45) is 3.17. The first-order valence-electron chi connectivity index (χ1n) is 7.36. The highest BCUT2D eigenvalue weighted by Gasteiger charge is 2.06. The van der Waals surface area contributed by atoms with Crippen LogP contribution in [0.4, 0.5) is 9.52 Å². The van der Waals surface area contributed by atoms with E-state index in [1.807, 2.05) is 5.38 Å². The molecule has 0 radical (unpaired) electrons. The average Bonchev–Trinajstić information content (AvgIpc) is 3.09. The zero-order chi connectivity index (χ0) is 16.8. The summed E-state index contributed by atoms with van der Waals surface area (Å²) in [5, 5.41) is 8.64. The lowest BCUT2D eigenvalue weighted by molar-refractivity contribution is 0.0955. The van der Waals surface area contributed by atoms with Gasteiger partial charge in [0, 0.05) is 42.0 Å². The molecule has 0 bridgehead atoms. The molecule has 3 aromatic rings.